The van der Waals surface area contributed by atoms with Crippen LogP contribution in [0, 0.1) is 0 Å². The van der Waals surface area contributed by atoms with Gasteiger partial charge in [0, 0.05) is 34.3 Å². The van der Waals surface area contributed by atoms with Crippen molar-refractivity contribution in [1.82, 2.24) is 14.8 Å². The Morgan fingerprint density at radius 2 is 1.82 bits per heavy atom. The molecule has 4 rings (SSSR count). The van der Waals surface area contributed by atoms with Crippen molar-refractivity contribution >= 4 is 65.6 Å². The van der Waals surface area contributed by atoms with Crippen LogP contribution < -0.4 is 4.31 Å². The number of carbonyl (C=O) groups excluding carboxylic acids is 1. The summed E-state index contributed by atoms with van der Waals surface area (Å²) < 4.78 is 59.1. The number of carbonyl (C=O) groups is 1. The summed E-state index contributed by atoms with van der Waals surface area (Å²) in [4.78, 5) is 12.8. The first-order valence-electron chi connectivity index (χ1n) is 11.7. The molecule has 208 valence electrons. The standard InChI is InChI=1S/C25H26Cl2N4O6S2/c1-25(2,3)37-24(32)15-31(39(35,36)20-13-17(26)12-18(27)14-20)19-5-6-21-16(11-19)9-10-30(21)22-7-8-23(29-28-22)38(4,33)34/h5-13,20H,14-15H2,1-4H3. The molecule has 2 aromatic heterocycles. The largest absolute Gasteiger partial charge is 0.459 e. The molecule has 1 atom stereocenters. The molecule has 10 nitrogen and oxygen atoms in total. The number of benzene rings is 1. The van der Waals surface area contributed by atoms with E-state index in [1.54, 1.807) is 55.8 Å². The first kappa shape index (κ1) is 29.1. The molecule has 2 heterocycles. The molecular formula is C25H26Cl2N4O6S2. The SMILES string of the molecule is CC(C)(C)OC(=O)CN(c1ccc2c(ccn2-c2ccc(S(C)(=O)=O)nn2)c1)S(=O)(=O)C1C=C(Cl)C=C(Cl)C1. The third-order valence-electron chi connectivity index (χ3n) is 5.63. The summed E-state index contributed by atoms with van der Waals surface area (Å²) in [7, 11) is -7.67. The fourth-order valence-electron chi connectivity index (χ4n) is 3.98. The molecule has 1 unspecified atom stereocenters. The Kier molecular flexibility index (Phi) is 7.87. The number of hydrogen-bond donors (Lipinski definition) is 0. The number of anilines is 1. The zero-order valence-electron chi connectivity index (χ0n) is 21.5. The predicted octanol–water partition coefficient (Wildman–Crippen LogP) is 4.32. The van der Waals surface area contributed by atoms with Gasteiger partial charge in [0.05, 0.1) is 11.2 Å². The first-order valence-corrected chi connectivity index (χ1v) is 15.8. The van der Waals surface area contributed by atoms with E-state index in [1.807, 2.05) is 0 Å². The molecular weight excluding hydrogens is 587 g/mol. The van der Waals surface area contributed by atoms with Gasteiger partial charge in [-0.2, -0.15) is 0 Å². The molecule has 0 saturated heterocycles. The minimum atomic E-state index is -4.17. The Bertz CT molecular complexity index is 1710. The molecule has 0 radical (unpaired) electrons. The zero-order chi connectivity index (χ0) is 28.8. The van der Waals surface area contributed by atoms with E-state index in [0.29, 0.717) is 16.7 Å². The quantitative estimate of drug-likeness (QED) is 0.361. The topological polar surface area (TPSA) is 129 Å². The first-order chi connectivity index (χ1) is 18.0. The second kappa shape index (κ2) is 10.6. The number of sulfonamides is 1. The number of ether oxygens (including phenoxy) is 1. The van der Waals surface area contributed by atoms with Crippen LogP contribution in [0.3, 0.4) is 0 Å². The molecule has 0 amide bonds. The normalized spacial score (nSPS) is 16.5. The number of sulfone groups is 1. The highest BCUT2D eigenvalue weighted by Gasteiger charge is 2.35. The molecule has 3 aromatic rings. The Morgan fingerprint density at radius 3 is 2.41 bits per heavy atom. The molecule has 1 aliphatic rings. The lowest BCUT2D eigenvalue weighted by Crippen LogP contribution is -2.43. The molecule has 0 aliphatic heterocycles. The number of esters is 1. The van der Waals surface area contributed by atoms with Gasteiger partial charge in [-0.25, -0.2) is 16.8 Å². The molecule has 0 saturated carbocycles. The number of halogens is 2. The lowest BCUT2D eigenvalue weighted by atomic mass is 10.2. The molecule has 0 spiro atoms. The molecule has 14 heteroatoms. The van der Waals surface area contributed by atoms with Crippen LogP contribution in [0.4, 0.5) is 5.69 Å². The van der Waals surface area contributed by atoms with Crippen LogP contribution in [0.1, 0.15) is 27.2 Å². The number of aromatic nitrogens is 3. The Balaban J connectivity index is 1.75. The van der Waals surface area contributed by atoms with Gasteiger partial charge < -0.3 is 4.74 Å². The summed E-state index contributed by atoms with van der Waals surface area (Å²) in [5, 5.41) is 7.67. The summed E-state index contributed by atoms with van der Waals surface area (Å²) >= 11 is 12.3. The highest BCUT2D eigenvalue weighted by Crippen LogP contribution is 2.33. The van der Waals surface area contributed by atoms with E-state index in [2.05, 4.69) is 10.2 Å². The number of hydrogen-bond acceptors (Lipinski definition) is 8. The van der Waals surface area contributed by atoms with Gasteiger partial charge in [0.25, 0.3) is 0 Å². The summed E-state index contributed by atoms with van der Waals surface area (Å²) in [5.74, 6) is -0.357. The third kappa shape index (κ3) is 6.63. The van der Waals surface area contributed by atoms with Crippen molar-refractivity contribution in [2.24, 2.45) is 0 Å². The van der Waals surface area contributed by atoms with Crippen LogP contribution >= 0.6 is 23.2 Å². The van der Waals surface area contributed by atoms with Crippen molar-refractivity contribution < 1.29 is 26.4 Å². The summed E-state index contributed by atoms with van der Waals surface area (Å²) in [6, 6.07) is 9.47. The van der Waals surface area contributed by atoms with Crippen molar-refractivity contribution in [3.05, 3.63) is 64.8 Å². The number of nitrogens with zero attached hydrogens (tertiary/aromatic N) is 4. The summed E-state index contributed by atoms with van der Waals surface area (Å²) in [5.41, 5.74) is 0.0720. The van der Waals surface area contributed by atoms with E-state index in [0.717, 1.165) is 10.6 Å². The lowest BCUT2D eigenvalue weighted by molar-refractivity contribution is -0.152. The van der Waals surface area contributed by atoms with Crippen molar-refractivity contribution in [2.45, 2.75) is 43.1 Å². The van der Waals surface area contributed by atoms with Crippen molar-refractivity contribution in [2.75, 3.05) is 17.1 Å². The average molecular weight is 614 g/mol. The maximum absolute atomic E-state index is 13.8. The van der Waals surface area contributed by atoms with Gasteiger partial charge in [-0.3, -0.25) is 13.7 Å². The fraction of sp³-hybridized carbons (Fsp3) is 0.320. The molecule has 0 bridgehead atoms. The molecule has 39 heavy (non-hydrogen) atoms. The van der Waals surface area contributed by atoms with Crippen LogP contribution in [0.25, 0.3) is 16.7 Å². The number of fused-ring (bicyclic) bond motifs is 1. The Labute approximate surface area is 236 Å². The van der Waals surface area contributed by atoms with E-state index in [-0.39, 0.29) is 27.2 Å². The number of rotatable bonds is 7. The lowest BCUT2D eigenvalue weighted by Gasteiger charge is -2.30. The maximum atomic E-state index is 13.8. The molecule has 1 aromatic carbocycles. The van der Waals surface area contributed by atoms with Crippen molar-refractivity contribution in [3.8, 4) is 5.82 Å². The van der Waals surface area contributed by atoms with E-state index < -0.39 is 43.2 Å². The van der Waals surface area contributed by atoms with E-state index in [9.17, 15) is 21.6 Å². The minimum Gasteiger partial charge on any atom is -0.459 e. The van der Waals surface area contributed by atoms with Crippen LogP contribution in [-0.4, -0.2) is 61.2 Å². The van der Waals surface area contributed by atoms with Gasteiger partial charge >= 0.3 is 5.97 Å². The summed E-state index contributed by atoms with van der Waals surface area (Å²) in [6.07, 6.45) is 5.61. The second-order valence-electron chi connectivity index (χ2n) is 9.95. The van der Waals surface area contributed by atoms with Gasteiger partial charge in [0.2, 0.25) is 10.0 Å². The van der Waals surface area contributed by atoms with Crippen LogP contribution in [0.15, 0.2) is 69.8 Å². The van der Waals surface area contributed by atoms with Gasteiger partial charge in [0.1, 0.15) is 17.4 Å². The number of allylic oxidation sites excluding steroid dienone is 3. The predicted molar refractivity (Wildman–Crippen MR) is 150 cm³/mol. The van der Waals surface area contributed by atoms with Crippen LogP contribution in [-0.2, 0) is 29.4 Å². The van der Waals surface area contributed by atoms with Gasteiger partial charge in [0.15, 0.2) is 20.7 Å². The highest BCUT2D eigenvalue weighted by molar-refractivity contribution is 7.93. The van der Waals surface area contributed by atoms with Gasteiger partial charge in [-0.1, -0.05) is 23.2 Å². The molecule has 0 N–H and O–H groups in total. The minimum absolute atomic E-state index is 0.00565. The van der Waals surface area contributed by atoms with E-state index in [1.165, 1.54) is 24.3 Å². The highest BCUT2D eigenvalue weighted by atomic mass is 35.5. The maximum Gasteiger partial charge on any atom is 0.327 e. The molecule has 1 aliphatic carbocycles. The monoisotopic (exact) mass is 612 g/mol. The smallest absolute Gasteiger partial charge is 0.327 e. The Morgan fingerprint density at radius 1 is 1.10 bits per heavy atom. The van der Waals surface area contributed by atoms with Crippen molar-refractivity contribution in [1.29, 1.82) is 0 Å². The third-order valence-corrected chi connectivity index (χ3v) is 9.13. The second-order valence-corrected chi connectivity index (χ2v) is 14.9. The van der Waals surface area contributed by atoms with Crippen LogP contribution in [0.5, 0.6) is 0 Å². The average Bonchev–Trinajstić information content (AvgIpc) is 3.23. The van der Waals surface area contributed by atoms with E-state index in [4.69, 9.17) is 27.9 Å². The van der Waals surface area contributed by atoms with Crippen LogP contribution in [0.2, 0.25) is 0 Å². The molecule has 0 fully saturated rings. The Hall–Kier alpha value is -2.93. The van der Waals surface area contributed by atoms with Gasteiger partial charge in [-0.05, 0) is 69.3 Å². The fourth-order valence-corrected chi connectivity index (χ4v) is 7.01. The van der Waals surface area contributed by atoms with E-state index >= 15 is 0 Å². The van der Waals surface area contributed by atoms with Gasteiger partial charge in [-0.15, -0.1) is 10.2 Å². The zero-order valence-corrected chi connectivity index (χ0v) is 24.6. The van der Waals surface area contributed by atoms with Crippen molar-refractivity contribution in [3.63, 3.8) is 0 Å². The summed E-state index contributed by atoms with van der Waals surface area (Å²) in [6.45, 7) is 4.52.